The number of ether oxygens (including phenoxy) is 1. The molecule has 0 aliphatic carbocycles. The fraction of sp³-hybridized carbons (Fsp3) is 0.0417. The van der Waals surface area contributed by atoms with Crippen LogP contribution in [0.5, 0.6) is 11.5 Å². The minimum absolute atomic E-state index is 0.134. The van der Waals surface area contributed by atoms with Crippen LogP contribution in [0.1, 0.15) is 10.4 Å². The number of halogens is 3. The van der Waals surface area contributed by atoms with E-state index in [2.05, 4.69) is 10.6 Å². The van der Waals surface area contributed by atoms with Gasteiger partial charge >= 0.3 is 0 Å². The summed E-state index contributed by atoms with van der Waals surface area (Å²) in [7, 11) is 1.39. The lowest BCUT2D eigenvalue weighted by atomic mass is 10.1. The molecule has 11 heteroatoms. The summed E-state index contributed by atoms with van der Waals surface area (Å²) < 4.78 is 5.25. The van der Waals surface area contributed by atoms with Gasteiger partial charge in [0.05, 0.1) is 18.5 Å². The summed E-state index contributed by atoms with van der Waals surface area (Å²) in [5.74, 6) is -1.92. The standard InChI is InChI=1S/C24H16Cl3N3O5/c1-35-19-8-6-14(26)11-17(19)30-23(33)20(27)21(24(30)34)28-15-4-2-3-12(9-15)22(32)29-16-10-13(25)5-7-18(16)31/h2-11,28,31H,1H3,(H,29,32). The van der Waals surface area contributed by atoms with Gasteiger partial charge in [0.15, 0.2) is 0 Å². The van der Waals surface area contributed by atoms with Gasteiger partial charge in [-0.15, -0.1) is 0 Å². The summed E-state index contributed by atoms with van der Waals surface area (Å²) in [6.07, 6.45) is 0. The van der Waals surface area contributed by atoms with Gasteiger partial charge in [0.2, 0.25) is 0 Å². The van der Waals surface area contributed by atoms with Crippen molar-refractivity contribution >= 4 is 69.6 Å². The molecule has 8 nitrogen and oxygen atoms in total. The molecule has 35 heavy (non-hydrogen) atoms. The topological polar surface area (TPSA) is 108 Å². The zero-order valence-electron chi connectivity index (χ0n) is 17.9. The molecule has 1 aliphatic heterocycles. The van der Waals surface area contributed by atoms with Gasteiger partial charge in [0.1, 0.15) is 22.2 Å². The van der Waals surface area contributed by atoms with Crippen LogP contribution < -0.4 is 20.3 Å². The van der Waals surface area contributed by atoms with Crippen molar-refractivity contribution in [3.05, 3.63) is 87.0 Å². The van der Waals surface area contributed by atoms with Crippen LogP contribution >= 0.6 is 34.8 Å². The number of nitrogens with zero attached hydrogens (tertiary/aromatic N) is 1. The first-order chi connectivity index (χ1) is 16.7. The van der Waals surface area contributed by atoms with Crippen LogP contribution in [0.25, 0.3) is 0 Å². The highest BCUT2D eigenvalue weighted by Crippen LogP contribution is 2.37. The lowest BCUT2D eigenvalue weighted by Gasteiger charge is -2.18. The highest BCUT2D eigenvalue weighted by molar-refractivity contribution is 6.53. The monoisotopic (exact) mass is 531 g/mol. The minimum Gasteiger partial charge on any atom is -0.506 e. The summed E-state index contributed by atoms with van der Waals surface area (Å²) in [6.45, 7) is 0. The van der Waals surface area contributed by atoms with Gasteiger partial charge in [-0.2, -0.15) is 0 Å². The first-order valence-electron chi connectivity index (χ1n) is 9.98. The molecule has 0 atom stereocenters. The van der Waals surface area contributed by atoms with Crippen molar-refractivity contribution in [2.45, 2.75) is 0 Å². The number of benzene rings is 3. The second kappa shape index (κ2) is 9.87. The number of hydrogen-bond donors (Lipinski definition) is 3. The second-order valence-corrected chi connectivity index (χ2v) is 8.52. The van der Waals surface area contributed by atoms with Gasteiger partial charge in [-0.05, 0) is 54.6 Å². The molecule has 0 aromatic heterocycles. The highest BCUT2D eigenvalue weighted by Gasteiger charge is 2.40. The van der Waals surface area contributed by atoms with E-state index in [4.69, 9.17) is 39.5 Å². The van der Waals surface area contributed by atoms with Crippen LogP contribution in [0.2, 0.25) is 10.0 Å². The Morgan fingerprint density at radius 3 is 2.40 bits per heavy atom. The van der Waals surface area contributed by atoms with E-state index in [-0.39, 0.29) is 39.2 Å². The minimum atomic E-state index is -0.759. The number of nitrogens with one attached hydrogen (secondary N) is 2. The van der Waals surface area contributed by atoms with Crippen molar-refractivity contribution in [1.82, 2.24) is 0 Å². The third kappa shape index (κ3) is 4.90. The van der Waals surface area contributed by atoms with Gasteiger partial charge in [0.25, 0.3) is 17.7 Å². The van der Waals surface area contributed by atoms with Gasteiger partial charge < -0.3 is 20.5 Å². The van der Waals surface area contributed by atoms with E-state index >= 15 is 0 Å². The first-order valence-corrected chi connectivity index (χ1v) is 11.1. The molecule has 1 heterocycles. The number of carbonyl (C=O) groups is 3. The Labute approximate surface area is 214 Å². The van der Waals surface area contributed by atoms with Crippen LogP contribution in [-0.2, 0) is 9.59 Å². The molecular weight excluding hydrogens is 517 g/mol. The van der Waals surface area contributed by atoms with Crippen LogP contribution in [-0.4, -0.2) is 29.9 Å². The predicted molar refractivity (Wildman–Crippen MR) is 135 cm³/mol. The summed E-state index contributed by atoms with van der Waals surface area (Å²) in [6, 6.07) is 14.9. The number of phenols is 1. The lowest BCUT2D eigenvalue weighted by Crippen LogP contribution is -2.32. The Hall–Kier alpha value is -3.72. The molecule has 0 saturated heterocycles. The Kier molecular flexibility index (Phi) is 6.88. The highest BCUT2D eigenvalue weighted by atomic mass is 35.5. The third-order valence-electron chi connectivity index (χ3n) is 5.01. The number of phenolic OH excluding ortho intramolecular Hbond substituents is 1. The molecule has 0 unspecified atom stereocenters. The fourth-order valence-electron chi connectivity index (χ4n) is 3.35. The predicted octanol–water partition coefficient (Wildman–Crippen LogP) is 5.40. The Balaban J connectivity index is 1.58. The number of imide groups is 1. The summed E-state index contributed by atoms with van der Waals surface area (Å²) in [4.78, 5) is 39.5. The molecule has 0 spiro atoms. The van der Waals surface area contributed by atoms with Crippen molar-refractivity contribution in [3.8, 4) is 11.5 Å². The first kappa shape index (κ1) is 24.4. The number of amides is 3. The third-order valence-corrected chi connectivity index (χ3v) is 5.83. The Morgan fingerprint density at radius 1 is 0.943 bits per heavy atom. The molecule has 3 aromatic rings. The summed E-state index contributed by atoms with van der Waals surface area (Å²) in [5, 5.41) is 15.6. The van der Waals surface area contributed by atoms with Crippen LogP contribution in [0, 0.1) is 0 Å². The molecule has 3 aromatic carbocycles. The quantitative estimate of drug-likeness (QED) is 0.290. The number of carbonyl (C=O) groups excluding carboxylic acids is 3. The van der Waals surface area contributed by atoms with Crippen LogP contribution in [0.4, 0.5) is 17.1 Å². The Morgan fingerprint density at radius 2 is 1.66 bits per heavy atom. The maximum atomic E-state index is 13.1. The van der Waals surface area contributed by atoms with Crippen LogP contribution in [0.15, 0.2) is 71.4 Å². The molecule has 178 valence electrons. The zero-order valence-corrected chi connectivity index (χ0v) is 20.2. The average Bonchev–Trinajstić information content (AvgIpc) is 3.04. The number of hydrogen-bond acceptors (Lipinski definition) is 6. The summed E-state index contributed by atoms with van der Waals surface area (Å²) >= 11 is 18.2. The van der Waals surface area contributed by atoms with Crippen molar-refractivity contribution in [3.63, 3.8) is 0 Å². The fourth-order valence-corrected chi connectivity index (χ4v) is 3.90. The van der Waals surface area contributed by atoms with Gasteiger partial charge in [-0.3, -0.25) is 14.4 Å². The summed E-state index contributed by atoms with van der Waals surface area (Å²) in [5.41, 5.74) is 0.621. The van der Waals surface area contributed by atoms with E-state index in [0.29, 0.717) is 15.7 Å². The number of rotatable bonds is 6. The van der Waals surface area contributed by atoms with E-state index in [9.17, 15) is 19.5 Å². The number of anilines is 3. The van der Waals surface area contributed by atoms with Gasteiger partial charge in [-0.25, -0.2) is 4.90 Å². The Bertz CT molecular complexity index is 1410. The van der Waals surface area contributed by atoms with Crippen molar-refractivity contribution in [1.29, 1.82) is 0 Å². The molecule has 0 saturated carbocycles. The van der Waals surface area contributed by atoms with E-state index in [1.807, 2.05) is 0 Å². The van der Waals surface area contributed by atoms with E-state index < -0.39 is 17.7 Å². The maximum Gasteiger partial charge on any atom is 0.283 e. The van der Waals surface area contributed by atoms with E-state index in [0.717, 1.165) is 4.90 Å². The zero-order chi connectivity index (χ0) is 25.3. The smallest absolute Gasteiger partial charge is 0.283 e. The molecule has 0 bridgehead atoms. The molecule has 0 radical (unpaired) electrons. The lowest BCUT2D eigenvalue weighted by molar-refractivity contribution is -0.120. The molecule has 3 N–H and O–H groups in total. The van der Waals surface area contributed by atoms with Crippen molar-refractivity contribution < 1.29 is 24.2 Å². The van der Waals surface area contributed by atoms with Gasteiger partial charge in [-0.1, -0.05) is 40.9 Å². The second-order valence-electron chi connectivity index (χ2n) is 7.27. The van der Waals surface area contributed by atoms with Crippen LogP contribution in [0.3, 0.4) is 0 Å². The molecule has 3 amide bonds. The largest absolute Gasteiger partial charge is 0.506 e. The normalized spacial score (nSPS) is 13.3. The number of aromatic hydroxyl groups is 1. The van der Waals surface area contributed by atoms with E-state index in [1.54, 1.807) is 18.2 Å². The SMILES string of the molecule is COc1ccc(Cl)cc1N1C(=O)C(Cl)=C(Nc2cccc(C(=O)Nc3cc(Cl)ccc3O)c2)C1=O. The molecule has 1 aliphatic rings. The average molecular weight is 533 g/mol. The molecular formula is C24H16Cl3N3O5. The maximum absolute atomic E-state index is 13.1. The van der Waals surface area contributed by atoms with Crippen molar-refractivity contribution in [2.24, 2.45) is 0 Å². The van der Waals surface area contributed by atoms with Gasteiger partial charge in [0, 0.05) is 21.3 Å². The number of methoxy groups -OCH3 is 1. The van der Waals surface area contributed by atoms with Crippen molar-refractivity contribution in [2.75, 3.05) is 22.6 Å². The molecule has 0 fully saturated rings. The molecule has 4 rings (SSSR count). The van der Waals surface area contributed by atoms with E-state index in [1.165, 1.54) is 49.6 Å².